The van der Waals surface area contributed by atoms with Gasteiger partial charge in [-0.05, 0) is 18.2 Å². The van der Waals surface area contributed by atoms with E-state index in [2.05, 4.69) is 0 Å². The molecule has 0 radical (unpaired) electrons. The highest BCUT2D eigenvalue weighted by Crippen LogP contribution is 2.28. The van der Waals surface area contributed by atoms with Crippen molar-refractivity contribution in [1.82, 2.24) is 4.40 Å². The van der Waals surface area contributed by atoms with Gasteiger partial charge in [0.15, 0.2) is 0 Å². The number of fused-ring (bicyclic) bond motifs is 3. The van der Waals surface area contributed by atoms with Crippen molar-refractivity contribution in [3.8, 4) is 5.75 Å². The molecule has 0 atom stereocenters. The third-order valence-electron chi connectivity index (χ3n) is 3.06. The van der Waals surface area contributed by atoms with Crippen molar-refractivity contribution < 1.29 is 14.6 Å². The Hall–Kier alpha value is -2.49. The predicted octanol–water partition coefficient (Wildman–Crippen LogP) is 2.80. The molecule has 0 bridgehead atoms. The number of hydrogen-bond acceptors (Lipinski definition) is 2. The van der Waals surface area contributed by atoms with Crippen LogP contribution in [0, 0.1) is 0 Å². The van der Waals surface area contributed by atoms with Crippen LogP contribution in [0.5, 0.6) is 5.75 Å². The highest BCUT2D eigenvalue weighted by atomic mass is 16.5. The number of nitrogens with zero attached hydrogens (tertiary/aromatic N) is 1. The van der Waals surface area contributed by atoms with Crippen molar-refractivity contribution in [2.75, 3.05) is 7.11 Å². The average Bonchev–Trinajstić information content (AvgIpc) is 2.72. The Kier molecular flexibility index (Phi) is 2.23. The number of carbonyl (C=O) groups is 1. The molecular weight excluding hydrogens is 230 g/mol. The van der Waals surface area contributed by atoms with Gasteiger partial charge < -0.3 is 14.2 Å². The lowest BCUT2D eigenvalue weighted by molar-refractivity contribution is 0.0701. The number of methoxy groups -OCH3 is 1. The van der Waals surface area contributed by atoms with E-state index in [1.165, 1.54) is 0 Å². The molecule has 1 aromatic carbocycles. The molecule has 0 aliphatic rings. The van der Waals surface area contributed by atoms with Crippen LogP contribution in [0.3, 0.4) is 0 Å². The molecule has 0 fully saturated rings. The van der Waals surface area contributed by atoms with Gasteiger partial charge in [-0.15, -0.1) is 0 Å². The minimum absolute atomic E-state index is 0.327. The second kappa shape index (κ2) is 3.77. The fraction of sp³-hybridized carbons (Fsp3) is 0.0714. The van der Waals surface area contributed by atoms with Crippen molar-refractivity contribution in [1.29, 1.82) is 0 Å². The zero-order valence-corrected chi connectivity index (χ0v) is 9.75. The van der Waals surface area contributed by atoms with Crippen molar-refractivity contribution in [2.24, 2.45) is 0 Å². The smallest absolute Gasteiger partial charge is 0.338 e. The van der Waals surface area contributed by atoms with Gasteiger partial charge in [-0.1, -0.05) is 18.2 Å². The summed E-state index contributed by atoms with van der Waals surface area (Å²) in [5.41, 5.74) is 1.86. The first-order valence-corrected chi connectivity index (χ1v) is 5.52. The molecule has 2 heterocycles. The molecule has 0 unspecified atom stereocenters. The third-order valence-corrected chi connectivity index (χ3v) is 3.06. The summed E-state index contributed by atoms with van der Waals surface area (Å²) in [6.45, 7) is 0. The van der Waals surface area contributed by atoms with E-state index in [9.17, 15) is 9.90 Å². The summed E-state index contributed by atoms with van der Waals surface area (Å²) in [5.74, 6) is -0.223. The molecular formula is C14H11NO3. The lowest BCUT2D eigenvalue weighted by Gasteiger charge is -2.02. The van der Waals surface area contributed by atoms with E-state index in [4.69, 9.17) is 4.74 Å². The molecule has 0 amide bonds. The first-order chi connectivity index (χ1) is 8.72. The highest BCUT2D eigenvalue weighted by Gasteiger charge is 2.17. The standard InChI is InChI=1S/C14H11NO3/c1-18-9-6-7-12-13(14(16)17)10-4-2-3-5-11(10)15(12)8-9/h2-8H,1H3,(H,16,17). The van der Waals surface area contributed by atoms with Crippen LogP contribution in [0.1, 0.15) is 10.4 Å². The number of aromatic carboxylic acids is 1. The molecule has 0 spiro atoms. The molecule has 18 heavy (non-hydrogen) atoms. The molecule has 2 aromatic heterocycles. The average molecular weight is 241 g/mol. The molecule has 4 nitrogen and oxygen atoms in total. The van der Waals surface area contributed by atoms with Crippen LogP contribution >= 0.6 is 0 Å². The van der Waals surface area contributed by atoms with E-state index in [-0.39, 0.29) is 0 Å². The molecule has 0 saturated carbocycles. The van der Waals surface area contributed by atoms with Crippen LogP contribution in [-0.4, -0.2) is 22.6 Å². The Bertz CT molecular complexity index is 758. The molecule has 3 rings (SSSR count). The summed E-state index contributed by atoms with van der Waals surface area (Å²) >= 11 is 0. The van der Waals surface area contributed by atoms with Crippen molar-refractivity contribution >= 4 is 22.4 Å². The lowest BCUT2D eigenvalue weighted by atomic mass is 10.1. The van der Waals surface area contributed by atoms with E-state index >= 15 is 0 Å². The zero-order valence-electron chi connectivity index (χ0n) is 9.75. The number of hydrogen-bond donors (Lipinski definition) is 1. The zero-order chi connectivity index (χ0) is 12.7. The largest absolute Gasteiger partial charge is 0.495 e. The second-order valence-electron chi connectivity index (χ2n) is 4.02. The topological polar surface area (TPSA) is 50.9 Å². The van der Waals surface area contributed by atoms with Crippen LogP contribution in [0.4, 0.5) is 0 Å². The van der Waals surface area contributed by atoms with Crippen LogP contribution in [0.15, 0.2) is 42.6 Å². The number of para-hydroxylation sites is 1. The summed E-state index contributed by atoms with van der Waals surface area (Å²) < 4.78 is 7.02. The maximum absolute atomic E-state index is 11.4. The van der Waals surface area contributed by atoms with Crippen LogP contribution < -0.4 is 4.74 Å². The summed E-state index contributed by atoms with van der Waals surface area (Å²) in [6, 6.07) is 11.0. The minimum atomic E-state index is -0.918. The van der Waals surface area contributed by atoms with Crippen LogP contribution in [0.2, 0.25) is 0 Å². The van der Waals surface area contributed by atoms with E-state index in [0.29, 0.717) is 16.8 Å². The summed E-state index contributed by atoms with van der Waals surface area (Å²) in [5, 5.41) is 10.1. The van der Waals surface area contributed by atoms with Crippen molar-refractivity contribution in [3.05, 3.63) is 48.2 Å². The van der Waals surface area contributed by atoms with Gasteiger partial charge in [0.25, 0.3) is 0 Å². The maximum Gasteiger partial charge on any atom is 0.338 e. The normalized spacial score (nSPS) is 10.9. The lowest BCUT2D eigenvalue weighted by Crippen LogP contribution is -1.96. The Morgan fingerprint density at radius 1 is 1.17 bits per heavy atom. The van der Waals surface area contributed by atoms with Gasteiger partial charge >= 0.3 is 5.97 Å². The van der Waals surface area contributed by atoms with E-state index in [0.717, 1.165) is 10.9 Å². The number of rotatable bonds is 2. The quantitative estimate of drug-likeness (QED) is 0.750. The number of carboxylic acid groups (broad SMARTS) is 1. The predicted molar refractivity (Wildman–Crippen MR) is 68.4 cm³/mol. The Morgan fingerprint density at radius 2 is 1.94 bits per heavy atom. The Morgan fingerprint density at radius 3 is 2.67 bits per heavy atom. The molecule has 0 aliphatic carbocycles. The van der Waals surface area contributed by atoms with Crippen molar-refractivity contribution in [3.63, 3.8) is 0 Å². The van der Waals surface area contributed by atoms with Crippen molar-refractivity contribution in [2.45, 2.75) is 0 Å². The first kappa shape index (κ1) is 10.7. The highest BCUT2D eigenvalue weighted by molar-refractivity contribution is 6.11. The van der Waals surface area contributed by atoms with Crippen LogP contribution in [0.25, 0.3) is 16.4 Å². The van der Waals surface area contributed by atoms with Gasteiger partial charge in [-0.3, -0.25) is 0 Å². The SMILES string of the molecule is COc1ccc2c(C(=O)O)c3ccccc3n2c1. The second-order valence-corrected chi connectivity index (χ2v) is 4.02. The third kappa shape index (κ3) is 1.35. The number of ether oxygens (including phenoxy) is 1. The summed E-state index contributed by atoms with van der Waals surface area (Å²) in [4.78, 5) is 11.4. The minimum Gasteiger partial charge on any atom is -0.495 e. The van der Waals surface area contributed by atoms with Gasteiger partial charge in [-0.2, -0.15) is 0 Å². The van der Waals surface area contributed by atoms with E-state index in [1.54, 1.807) is 25.4 Å². The fourth-order valence-corrected chi connectivity index (χ4v) is 2.26. The molecule has 1 N–H and O–H groups in total. The van der Waals surface area contributed by atoms with Gasteiger partial charge in [0.1, 0.15) is 5.75 Å². The van der Waals surface area contributed by atoms with Gasteiger partial charge in [0.2, 0.25) is 0 Å². The monoisotopic (exact) mass is 241 g/mol. The first-order valence-electron chi connectivity index (χ1n) is 5.52. The molecule has 90 valence electrons. The van der Waals surface area contributed by atoms with Gasteiger partial charge in [0.05, 0.1) is 29.9 Å². The molecule has 0 aliphatic heterocycles. The number of benzene rings is 1. The van der Waals surface area contributed by atoms with Crippen LogP contribution in [-0.2, 0) is 0 Å². The Labute approximate surface area is 103 Å². The fourth-order valence-electron chi connectivity index (χ4n) is 2.26. The number of carboxylic acids is 1. The Balaban J connectivity index is 2.53. The molecule has 0 saturated heterocycles. The summed E-state index contributed by atoms with van der Waals surface area (Å²) in [6.07, 6.45) is 1.80. The number of aromatic nitrogens is 1. The van der Waals surface area contributed by atoms with Gasteiger partial charge in [-0.25, -0.2) is 4.79 Å². The summed E-state index contributed by atoms with van der Waals surface area (Å²) in [7, 11) is 1.59. The van der Waals surface area contributed by atoms with E-state index in [1.807, 2.05) is 28.7 Å². The van der Waals surface area contributed by atoms with E-state index < -0.39 is 5.97 Å². The number of pyridine rings is 1. The maximum atomic E-state index is 11.4. The molecule has 4 heteroatoms. The molecule has 3 aromatic rings. The van der Waals surface area contributed by atoms with Gasteiger partial charge in [0, 0.05) is 5.39 Å².